The minimum Gasteiger partial charge on any atom is -0.396 e. The van der Waals surface area contributed by atoms with E-state index in [1.54, 1.807) is 0 Å². The van der Waals surface area contributed by atoms with Crippen LogP contribution in [0.3, 0.4) is 0 Å². The van der Waals surface area contributed by atoms with Crippen molar-refractivity contribution >= 4 is 11.8 Å². The SMILES string of the molecule is OCCCC(C1CC1)C1CSC1. The zero-order chi connectivity index (χ0) is 8.39. The maximum Gasteiger partial charge on any atom is 0.0431 e. The molecule has 2 heteroatoms. The lowest BCUT2D eigenvalue weighted by atomic mass is 9.86. The minimum atomic E-state index is 0.392. The van der Waals surface area contributed by atoms with E-state index in [2.05, 4.69) is 11.8 Å². The third-order valence-electron chi connectivity index (χ3n) is 3.19. The summed E-state index contributed by atoms with van der Waals surface area (Å²) >= 11 is 2.09. The van der Waals surface area contributed by atoms with Gasteiger partial charge >= 0.3 is 0 Å². The molecular formula is C10H18OS. The third kappa shape index (κ3) is 1.97. The Labute approximate surface area is 78.9 Å². The molecule has 1 N–H and O–H groups in total. The number of rotatable bonds is 5. The van der Waals surface area contributed by atoms with Gasteiger partial charge < -0.3 is 5.11 Å². The topological polar surface area (TPSA) is 20.2 Å². The van der Waals surface area contributed by atoms with Crippen molar-refractivity contribution in [3.05, 3.63) is 0 Å². The van der Waals surface area contributed by atoms with Gasteiger partial charge in [0, 0.05) is 6.61 Å². The fourth-order valence-electron chi connectivity index (χ4n) is 2.21. The maximum absolute atomic E-state index is 8.78. The first kappa shape index (κ1) is 8.89. The van der Waals surface area contributed by atoms with Crippen molar-refractivity contribution in [3.63, 3.8) is 0 Å². The van der Waals surface area contributed by atoms with Crippen LogP contribution in [-0.2, 0) is 0 Å². The van der Waals surface area contributed by atoms with Crippen LogP contribution in [-0.4, -0.2) is 23.2 Å². The van der Waals surface area contributed by atoms with Crippen molar-refractivity contribution in [2.24, 2.45) is 17.8 Å². The minimum absolute atomic E-state index is 0.392. The van der Waals surface area contributed by atoms with Crippen LogP contribution < -0.4 is 0 Å². The Hall–Kier alpha value is 0.310. The van der Waals surface area contributed by atoms with Gasteiger partial charge in [0.25, 0.3) is 0 Å². The van der Waals surface area contributed by atoms with Crippen LogP contribution in [0.15, 0.2) is 0 Å². The van der Waals surface area contributed by atoms with Crippen LogP contribution >= 0.6 is 11.8 Å². The Kier molecular flexibility index (Phi) is 2.97. The van der Waals surface area contributed by atoms with Gasteiger partial charge in [-0.25, -0.2) is 0 Å². The summed E-state index contributed by atoms with van der Waals surface area (Å²) in [6, 6.07) is 0. The molecule has 0 amide bonds. The fraction of sp³-hybridized carbons (Fsp3) is 1.00. The third-order valence-corrected chi connectivity index (χ3v) is 4.52. The Bertz CT molecular complexity index is 141. The second kappa shape index (κ2) is 4.01. The molecule has 1 saturated heterocycles. The largest absolute Gasteiger partial charge is 0.396 e. The van der Waals surface area contributed by atoms with Crippen molar-refractivity contribution in [1.82, 2.24) is 0 Å². The van der Waals surface area contributed by atoms with Gasteiger partial charge in [-0.2, -0.15) is 11.8 Å². The molecule has 70 valence electrons. The molecule has 0 aromatic heterocycles. The van der Waals surface area contributed by atoms with Gasteiger partial charge in [-0.3, -0.25) is 0 Å². The average Bonchev–Trinajstić information content (AvgIpc) is 2.75. The highest BCUT2D eigenvalue weighted by atomic mass is 32.2. The molecule has 1 saturated carbocycles. The summed E-state index contributed by atoms with van der Waals surface area (Å²) in [4.78, 5) is 0. The molecule has 2 aliphatic rings. The lowest BCUT2D eigenvalue weighted by Crippen LogP contribution is -2.28. The highest BCUT2D eigenvalue weighted by Gasteiger charge is 2.38. The van der Waals surface area contributed by atoms with Crippen molar-refractivity contribution in [2.45, 2.75) is 25.7 Å². The standard InChI is InChI=1S/C10H18OS/c11-5-1-2-10(8-3-4-8)9-6-12-7-9/h8-11H,1-7H2. The van der Waals surface area contributed by atoms with Crippen LogP contribution in [0.2, 0.25) is 0 Å². The summed E-state index contributed by atoms with van der Waals surface area (Å²) in [6.07, 6.45) is 5.25. The van der Waals surface area contributed by atoms with E-state index >= 15 is 0 Å². The Balaban J connectivity index is 1.75. The van der Waals surface area contributed by atoms with E-state index in [4.69, 9.17) is 5.11 Å². The van der Waals surface area contributed by atoms with E-state index in [1.165, 1.54) is 30.8 Å². The summed E-state index contributed by atoms with van der Waals surface area (Å²) in [5.74, 6) is 5.81. The average molecular weight is 186 g/mol. The number of hydrogen-bond acceptors (Lipinski definition) is 2. The van der Waals surface area contributed by atoms with E-state index in [0.717, 1.165) is 24.2 Å². The monoisotopic (exact) mass is 186 g/mol. The van der Waals surface area contributed by atoms with Gasteiger partial charge in [0.1, 0.15) is 0 Å². The summed E-state index contributed by atoms with van der Waals surface area (Å²) in [5, 5.41) is 8.78. The van der Waals surface area contributed by atoms with E-state index in [9.17, 15) is 0 Å². The number of thioether (sulfide) groups is 1. The van der Waals surface area contributed by atoms with Gasteiger partial charge in [-0.1, -0.05) is 0 Å². The van der Waals surface area contributed by atoms with Gasteiger partial charge in [0.05, 0.1) is 0 Å². The molecule has 0 bridgehead atoms. The molecule has 1 aliphatic carbocycles. The Morgan fingerprint density at radius 1 is 1.25 bits per heavy atom. The molecule has 1 heterocycles. The first-order chi connectivity index (χ1) is 5.92. The summed E-state index contributed by atoms with van der Waals surface area (Å²) in [5.41, 5.74) is 0. The molecule has 0 spiro atoms. The number of aliphatic hydroxyl groups is 1. The van der Waals surface area contributed by atoms with Crippen LogP contribution in [0.4, 0.5) is 0 Å². The second-order valence-electron chi connectivity index (χ2n) is 4.16. The number of aliphatic hydroxyl groups excluding tert-OH is 1. The molecule has 1 atom stereocenters. The predicted octanol–water partition coefficient (Wildman–Crippen LogP) is 2.15. The summed E-state index contributed by atoms with van der Waals surface area (Å²) in [7, 11) is 0. The first-order valence-corrected chi connectivity index (χ1v) is 6.26. The highest BCUT2D eigenvalue weighted by Crippen LogP contribution is 2.47. The normalized spacial score (nSPS) is 26.8. The first-order valence-electron chi connectivity index (χ1n) is 5.10. The molecule has 0 radical (unpaired) electrons. The van der Waals surface area contributed by atoms with Crippen LogP contribution in [0.5, 0.6) is 0 Å². The van der Waals surface area contributed by atoms with Crippen LogP contribution in [0.25, 0.3) is 0 Å². The molecule has 1 nitrogen and oxygen atoms in total. The van der Waals surface area contributed by atoms with E-state index in [0.29, 0.717) is 6.61 Å². The zero-order valence-corrected chi connectivity index (χ0v) is 8.35. The van der Waals surface area contributed by atoms with Crippen molar-refractivity contribution in [2.75, 3.05) is 18.1 Å². The molecule has 2 rings (SSSR count). The maximum atomic E-state index is 8.78. The van der Waals surface area contributed by atoms with E-state index in [1.807, 2.05) is 0 Å². The molecule has 2 fully saturated rings. The summed E-state index contributed by atoms with van der Waals surface area (Å²) in [6.45, 7) is 0.392. The van der Waals surface area contributed by atoms with Crippen LogP contribution in [0, 0.1) is 17.8 Å². The lowest BCUT2D eigenvalue weighted by molar-refractivity contribution is 0.242. The van der Waals surface area contributed by atoms with Gasteiger partial charge in [0.2, 0.25) is 0 Å². The van der Waals surface area contributed by atoms with Gasteiger partial charge in [-0.15, -0.1) is 0 Å². The molecule has 1 aliphatic heterocycles. The van der Waals surface area contributed by atoms with Crippen molar-refractivity contribution < 1.29 is 5.11 Å². The van der Waals surface area contributed by atoms with Crippen molar-refractivity contribution in [3.8, 4) is 0 Å². The van der Waals surface area contributed by atoms with Gasteiger partial charge in [-0.05, 0) is 54.9 Å². The van der Waals surface area contributed by atoms with Gasteiger partial charge in [0.15, 0.2) is 0 Å². The predicted molar refractivity (Wildman–Crippen MR) is 53.3 cm³/mol. The number of hydrogen-bond donors (Lipinski definition) is 1. The van der Waals surface area contributed by atoms with E-state index < -0.39 is 0 Å². The van der Waals surface area contributed by atoms with Crippen molar-refractivity contribution in [1.29, 1.82) is 0 Å². The smallest absolute Gasteiger partial charge is 0.0431 e. The molecule has 1 unspecified atom stereocenters. The molecular weight excluding hydrogens is 168 g/mol. The lowest BCUT2D eigenvalue weighted by Gasteiger charge is -2.33. The molecule has 0 aromatic rings. The Morgan fingerprint density at radius 2 is 2.00 bits per heavy atom. The fourth-order valence-corrected chi connectivity index (χ4v) is 3.21. The summed E-state index contributed by atoms with van der Waals surface area (Å²) < 4.78 is 0. The molecule has 12 heavy (non-hydrogen) atoms. The zero-order valence-electron chi connectivity index (χ0n) is 7.54. The second-order valence-corrected chi connectivity index (χ2v) is 5.24. The Morgan fingerprint density at radius 3 is 2.42 bits per heavy atom. The highest BCUT2D eigenvalue weighted by molar-refractivity contribution is 8.00. The molecule has 0 aromatic carbocycles. The van der Waals surface area contributed by atoms with Crippen LogP contribution in [0.1, 0.15) is 25.7 Å². The quantitative estimate of drug-likeness (QED) is 0.710. The van der Waals surface area contributed by atoms with E-state index in [-0.39, 0.29) is 0 Å².